The number of hydrogen-bond donors (Lipinski definition) is 0. The van der Waals surface area contributed by atoms with Crippen molar-refractivity contribution in [2.24, 2.45) is 0 Å². The van der Waals surface area contributed by atoms with E-state index in [2.05, 4.69) is 0 Å². The summed E-state index contributed by atoms with van der Waals surface area (Å²) >= 11 is 0. The molecule has 2 aromatic carbocycles. The molecule has 0 bridgehead atoms. The van der Waals surface area contributed by atoms with Gasteiger partial charge in [-0.05, 0) is 11.6 Å². The number of hydrogen-bond acceptors (Lipinski definition) is 4. The first-order valence-corrected chi connectivity index (χ1v) is 6.16. The summed E-state index contributed by atoms with van der Waals surface area (Å²) in [6.07, 6.45) is -0.929. The van der Waals surface area contributed by atoms with Crippen molar-refractivity contribution in [2.75, 3.05) is 0 Å². The van der Waals surface area contributed by atoms with E-state index in [4.69, 9.17) is 4.74 Å². The van der Waals surface area contributed by atoms with Crippen molar-refractivity contribution in [1.82, 2.24) is 0 Å². The van der Waals surface area contributed by atoms with Crippen LogP contribution in [-0.2, 0) is 4.74 Å². The number of epoxide rings is 1. The number of ether oxygens (including phenoxy) is 1. The van der Waals surface area contributed by atoms with Crippen LogP contribution >= 0.6 is 0 Å². The maximum Gasteiger partial charge on any atom is 0.280 e. The maximum atomic E-state index is 12.3. The van der Waals surface area contributed by atoms with Crippen LogP contribution in [0.3, 0.4) is 0 Å². The van der Waals surface area contributed by atoms with Gasteiger partial charge in [0.2, 0.25) is 5.78 Å². The van der Waals surface area contributed by atoms with E-state index in [-0.39, 0.29) is 23.1 Å². The quantitative estimate of drug-likeness (QED) is 0.370. The topological polar surface area (TPSA) is 72.7 Å². The lowest BCUT2D eigenvalue weighted by Crippen LogP contribution is -2.10. The second-order valence-electron chi connectivity index (χ2n) is 4.53. The van der Waals surface area contributed by atoms with Crippen molar-refractivity contribution < 1.29 is 14.5 Å². The Bertz CT molecular complexity index is 669. The maximum absolute atomic E-state index is 12.3. The smallest absolute Gasteiger partial charge is 0.280 e. The lowest BCUT2D eigenvalue weighted by Gasteiger charge is -1.99. The fourth-order valence-electron chi connectivity index (χ4n) is 2.20. The molecule has 1 fully saturated rings. The van der Waals surface area contributed by atoms with E-state index in [1.54, 1.807) is 6.07 Å². The zero-order valence-electron chi connectivity index (χ0n) is 10.4. The summed E-state index contributed by atoms with van der Waals surface area (Å²) in [6, 6.07) is 15.3. The van der Waals surface area contributed by atoms with Gasteiger partial charge in [0.1, 0.15) is 6.10 Å². The van der Waals surface area contributed by atoms with Crippen LogP contribution in [0.2, 0.25) is 0 Å². The van der Waals surface area contributed by atoms with E-state index in [1.807, 2.05) is 30.3 Å². The zero-order chi connectivity index (χ0) is 14.1. The van der Waals surface area contributed by atoms with Gasteiger partial charge in [-0.3, -0.25) is 14.9 Å². The molecule has 0 spiro atoms. The van der Waals surface area contributed by atoms with Gasteiger partial charge >= 0.3 is 0 Å². The Morgan fingerprint density at radius 3 is 2.40 bits per heavy atom. The molecule has 1 aliphatic heterocycles. The number of ketones is 1. The molecule has 0 aromatic heterocycles. The third-order valence-electron chi connectivity index (χ3n) is 3.24. The highest BCUT2D eigenvalue weighted by Crippen LogP contribution is 2.41. The molecule has 0 N–H and O–H groups in total. The van der Waals surface area contributed by atoms with Gasteiger partial charge in [-0.25, -0.2) is 0 Å². The van der Waals surface area contributed by atoms with Crippen molar-refractivity contribution >= 4 is 11.5 Å². The minimum atomic E-state index is -0.626. The van der Waals surface area contributed by atoms with Crippen molar-refractivity contribution in [3.05, 3.63) is 75.8 Å². The van der Waals surface area contributed by atoms with Gasteiger partial charge in [-0.1, -0.05) is 42.5 Å². The van der Waals surface area contributed by atoms with Gasteiger partial charge in [0, 0.05) is 6.07 Å². The summed E-state index contributed by atoms with van der Waals surface area (Å²) in [4.78, 5) is 22.7. The Morgan fingerprint density at radius 2 is 1.70 bits per heavy atom. The van der Waals surface area contributed by atoms with Gasteiger partial charge in [-0.2, -0.15) is 0 Å². The zero-order valence-corrected chi connectivity index (χ0v) is 10.4. The average Bonchev–Trinajstić information content (AvgIpc) is 3.28. The van der Waals surface area contributed by atoms with Crippen molar-refractivity contribution in [2.45, 2.75) is 12.2 Å². The van der Waals surface area contributed by atoms with E-state index < -0.39 is 11.0 Å². The number of rotatable bonds is 4. The van der Waals surface area contributed by atoms with E-state index >= 15 is 0 Å². The normalized spacial score (nSPS) is 20.4. The molecule has 20 heavy (non-hydrogen) atoms. The Morgan fingerprint density at radius 1 is 1.05 bits per heavy atom. The molecular weight excluding hydrogens is 258 g/mol. The predicted molar refractivity (Wildman–Crippen MR) is 71.5 cm³/mol. The van der Waals surface area contributed by atoms with Gasteiger partial charge in [0.15, 0.2) is 6.10 Å². The summed E-state index contributed by atoms with van der Waals surface area (Å²) in [5, 5.41) is 10.9. The summed E-state index contributed by atoms with van der Waals surface area (Å²) in [6.45, 7) is 0. The fourth-order valence-corrected chi connectivity index (χ4v) is 2.20. The molecule has 1 aliphatic rings. The second kappa shape index (κ2) is 4.86. The molecule has 2 aromatic rings. The molecule has 0 saturated carbocycles. The summed E-state index contributed by atoms with van der Waals surface area (Å²) < 4.78 is 5.38. The van der Waals surface area contributed by atoms with E-state index in [0.29, 0.717) is 0 Å². The predicted octanol–water partition coefficient (Wildman–Crippen LogP) is 2.92. The molecule has 1 heterocycles. The fraction of sp³-hybridized carbons (Fsp3) is 0.133. The number of nitro groups is 1. The number of Topliss-reactive ketones (excluding diaryl/α,β-unsaturated/α-hetero) is 1. The van der Waals surface area contributed by atoms with Crippen LogP contribution < -0.4 is 0 Å². The Kier molecular flexibility index (Phi) is 3.04. The van der Waals surface area contributed by atoms with Crippen LogP contribution in [0.5, 0.6) is 0 Å². The molecule has 5 nitrogen and oxygen atoms in total. The first-order chi connectivity index (χ1) is 9.68. The molecule has 100 valence electrons. The molecule has 0 unspecified atom stereocenters. The van der Waals surface area contributed by atoms with E-state index in [0.717, 1.165) is 5.56 Å². The molecule has 0 amide bonds. The largest absolute Gasteiger partial charge is 0.356 e. The van der Waals surface area contributed by atoms with Crippen molar-refractivity contribution in [3.8, 4) is 0 Å². The number of para-hydroxylation sites is 1. The summed E-state index contributed by atoms with van der Waals surface area (Å²) in [5.74, 6) is -0.342. The van der Waals surface area contributed by atoms with Gasteiger partial charge in [-0.15, -0.1) is 0 Å². The van der Waals surface area contributed by atoms with Crippen LogP contribution in [0.4, 0.5) is 5.69 Å². The number of nitrogens with zero attached hydrogens (tertiary/aromatic N) is 1. The Hall–Kier alpha value is -2.53. The standard InChI is InChI=1S/C15H11NO4/c17-13(11-8-4-5-9-12(11)16(18)19)15-14(20-15)10-6-2-1-3-7-10/h1-9,14-15H/t14-,15+/m0/s1. The molecule has 3 rings (SSSR count). The lowest BCUT2D eigenvalue weighted by atomic mass is 10.0. The minimum Gasteiger partial charge on any atom is -0.356 e. The average molecular weight is 269 g/mol. The molecule has 1 saturated heterocycles. The highest BCUT2D eigenvalue weighted by atomic mass is 16.6. The number of carbonyl (C=O) groups is 1. The molecular formula is C15H11NO4. The second-order valence-corrected chi connectivity index (χ2v) is 4.53. The molecule has 5 heteroatoms. The molecule has 0 radical (unpaired) electrons. The SMILES string of the molecule is O=C(c1ccccc1[N+](=O)[O-])[C@H]1O[C@H]1c1ccccc1. The number of carbonyl (C=O) groups excluding carboxylic acids is 1. The summed E-state index contributed by atoms with van der Waals surface area (Å²) in [5.41, 5.74) is 0.824. The molecule has 2 atom stereocenters. The van der Waals surface area contributed by atoms with Gasteiger partial charge in [0.25, 0.3) is 5.69 Å². The highest BCUT2D eigenvalue weighted by Gasteiger charge is 2.47. The van der Waals surface area contributed by atoms with Gasteiger partial charge in [0.05, 0.1) is 10.5 Å². The Labute approximate surface area is 115 Å². The highest BCUT2D eigenvalue weighted by molar-refractivity contribution is 6.04. The lowest BCUT2D eigenvalue weighted by molar-refractivity contribution is -0.385. The van der Waals surface area contributed by atoms with Crippen LogP contribution in [-0.4, -0.2) is 16.8 Å². The van der Waals surface area contributed by atoms with Crippen LogP contribution in [0, 0.1) is 10.1 Å². The third kappa shape index (κ3) is 2.19. The first-order valence-electron chi connectivity index (χ1n) is 6.16. The van der Waals surface area contributed by atoms with Crippen LogP contribution in [0.25, 0.3) is 0 Å². The van der Waals surface area contributed by atoms with Crippen LogP contribution in [0.15, 0.2) is 54.6 Å². The monoisotopic (exact) mass is 269 g/mol. The van der Waals surface area contributed by atoms with Gasteiger partial charge < -0.3 is 4.74 Å². The number of benzene rings is 2. The van der Waals surface area contributed by atoms with Crippen LogP contribution in [0.1, 0.15) is 22.0 Å². The summed E-state index contributed by atoms with van der Waals surface area (Å²) in [7, 11) is 0. The van der Waals surface area contributed by atoms with E-state index in [1.165, 1.54) is 18.2 Å². The molecule has 0 aliphatic carbocycles. The number of nitro benzene ring substituents is 1. The van der Waals surface area contributed by atoms with Crippen molar-refractivity contribution in [1.29, 1.82) is 0 Å². The first kappa shape index (κ1) is 12.5. The Balaban J connectivity index is 1.84. The van der Waals surface area contributed by atoms with Crippen molar-refractivity contribution in [3.63, 3.8) is 0 Å². The minimum absolute atomic E-state index is 0.0981. The van der Waals surface area contributed by atoms with E-state index in [9.17, 15) is 14.9 Å². The third-order valence-corrected chi connectivity index (χ3v) is 3.24.